The van der Waals surface area contributed by atoms with Crippen LogP contribution in [0.1, 0.15) is 40.2 Å². The third kappa shape index (κ3) is 3.63. The van der Waals surface area contributed by atoms with E-state index < -0.39 is 0 Å². The molecule has 0 spiro atoms. The minimum Gasteiger partial charge on any atom is -0.339 e. The van der Waals surface area contributed by atoms with Crippen LogP contribution in [0.2, 0.25) is 5.02 Å². The van der Waals surface area contributed by atoms with Crippen molar-refractivity contribution in [2.45, 2.75) is 33.2 Å². The molecule has 27 heavy (non-hydrogen) atoms. The largest absolute Gasteiger partial charge is 0.339 e. The number of carbonyl (C=O) groups is 1. The van der Waals surface area contributed by atoms with E-state index in [0.717, 1.165) is 66.6 Å². The predicted molar refractivity (Wildman–Crippen MR) is 107 cm³/mol. The zero-order valence-corrected chi connectivity index (χ0v) is 16.8. The third-order valence-electron chi connectivity index (χ3n) is 6.18. The van der Waals surface area contributed by atoms with Crippen LogP contribution in [0.25, 0.3) is 0 Å². The number of aryl methyl sites for hydroxylation is 1. The molecule has 1 amide bonds. The highest BCUT2D eigenvalue weighted by Gasteiger charge is 2.33. The Kier molecular flexibility index (Phi) is 5.24. The van der Waals surface area contributed by atoms with Gasteiger partial charge in [0, 0.05) is 23.8 Å². The summed E-state index contributed by atoms with van der Waals surface area (Å²) in [7, 11) is 0. The van der Waals surface area contributed by atoms with Gasteiger partial charge in [0.2, 0.25) is 0 Å². The number of likely N-dealkylation sites (tertiary alicyclic amines) is 1. The Hall–Kier alpha value is -1.85. The van der Waals surface area contributed by atoms with Crippen molar-refractivity contribution in [3.05, 3.63) is 51.8 Å². The van der Waals surface area contributed by atoms with Gasteiger partial charge in [-0.2, -0.15) is 5.10 Å². The van der Waals surface area contributed by atoms with Crippen LogP contribution in [0, 0.1) is 25.7 Å². The van der Waals surface area contributed by atoms with Crippen LogP contribution in [-0.2, 0) is 6.54 Å². The minimum absolute atomic E-state index is 0.128. The van der Waals surface area contributed by atoms with Gasteiger partial charge in [-0.3, -0.25) is 9.48 Å². The van der Waals surface area contributed by atoms with Crippen molar-refractivity contribution >= 4 is 17.5 Å². The fraction of sp³-hybridized carbons (Fsp3) is 0.524. The summed E-state index contributed by atoms with van der Waals surface area (Å²) in [6.45, 7) is 8.38. The molecule has 6 heteroatoms. The molecule has 2 aromatic rings. The van der Waals surface area contributed by atoms with E-state index in [-0.39, 0.29) is 5.91 Å². The first kappa shape index (κ1) is 18.5. The lowest BCUT2D eigenvalue weighted by Gasteiger charge is -2.21. The van der Waals surface area contributed by atoms with E-state index in [1.165, 1.54) is 0 Å². The maximum absolute atomic E-state index is 13.3. The summed E-state index contributed by atoms with van der Waals surface area (Å²) in [5, 5.41) is 8.86. The van der Waals surface area contributed by atoms with E-state index in [4.69, 9.17) is 11.6 Å². The Morgan fingerprint density at radius 1 is 1.19 bits per heavy atom. The second kappa shape index (κ2) is 7.64. The van der Waals surface area contributed by atoms with Crippen molar-refractivity contribution in [3.63, 3.8) is 0 Å². The monoisotopic (exact) mass is 386 g/mol. The maximum Gasteiger partial charge on any atom is 0.257 e. The number of nitrogens with one attached hydrogen (secondary N) is 1. The van der Waals surface area contributed by atoms with Crippen LogP contribution in [0.3, 0.4) is 0 Å². The van der Waals surface area contributed by atoms with Crippen molar-refractivity contribution in [1.82, 2.24) is 20.0 Å². The van der Waals surface area contributed by atoms with Gasteiger partial charge >= 0.3 is 0 Å². The number of rotatable bonds is 3. The van der Waals surface area contributed by atoms with E-state index in [1.54, 1.807) is 0 Å². The van der Waals surface area contributed by atoms with Crippen molar-refractivity contribution in [2.24, 2.45) is 11.8 Å². The highest BCUT2D eigenvalue weighted by molar-refractivity contribution is 6.31. The molecule has 4 rings (SSSR count). The third-order valence-corrected chi connectivity index (χ3v) is 6.55. The van der Waals surface area contributed by atoms with Crippen LogP contribution in [0.5, 0.6) is 0 Å². The van der Waals surface area contributed by atoms with Gasteiger partial charge < -0.3 is 10.2 Å². The summed E-state index contributed by atoms with van der Waals surface area (Å²) in [6.07, 6.45) is 2.19. The van der Waals surface area contributed by atoms with E-state index in [2.05, 4.69) is 10.4 Å². The average molecular weight is 387 g/mol. The summed E-state index contributed by atoms with van der Waals surface area (Å²) in [5.41, 5.74) is 3.49. The Balaban J connectivity index is 1.54. The first-order valence-electron chi connectivity index (χ1n) is 9.82. The van der Waals surface area contributed by atoms with Gasteiger partial charge in [0.25, 0.3) is 5.91 Å². The first-order valence-corrected chi connectivity index (χ1v) is 10.2. The van der Waals surface area contributed by atoms with Crippen molar-refractivity contribution < 1.29 is 4.79 Å². The number of nitrogens with zero attached hydrogens (tertiary/aromatic N) is 3. The van der Waals surface area contributed by atoms with Gasteiger partial charge in [-0.15, -0.1) is 0 Å². The molecule has 1 aromatic heterocycles. The Morgan fingerprint density at radius 2 is 1.85 bits per heavy atom. The summed E-state index contributed by atoms with van der Waals surface area (Å²) < 4.78 is 1.90. The number of carbonyl (C=O) groups excluding carboxylic acids is 1. The van der Waals surface area contributed by atoms with Gasteiger partial charge in [-0.25, -0.2) is 0 Å². The highest BCUT2D eigenvalue weighted by atomic mass is 35.5. The summed E-state index contributed by atoms with van der Waals surface area (Å²) in [6, 6.07) is 7.79. The number of amides is 1. The summed E-state index contributed by atoms with van der Waals surface area (Å²) >= 11 is 6.30. The number of hydrogen-bond acceptors (Lipinski definition) is 3. The van der Waals surface area contributed by atoms with Crippen molar-refractivity contribution in [1.29, 1.82) is 0 Å². The fourth-order valence-corrected chi connectivity index (χ4v) is 4.72. The van der Waals surface area contributed by atoms with Gasteiger partial charge in [0.05, 0.1) is 17.8 Å². The zero-order chi connectivity index (χ0) is 19.0. The molecule has 2 atom stereocenters. The molecule has 2 fully saturated rings. The van der Waals surface area contributed by atoms with Crippen LogP contribution in [-0.4, -0.2) is 46.8 Å². The second-order valence-electron chi connectivity index (χ2n) is 7.84. The van der Waals surface area contributed by atoms with Crippen LogP contribution in [0.4, 0.5) is 0 Å². The second-order valence-corrected chi connectivity index (χ2v) is 8.25. The lowest BCUT2D eigenvalue weighted by Crippen LogP contribution is -2.33. The standard InChI is InChI=1S/C21H27ClN4O/c1-14-20(15(2)26(24-14)13-18-5-3-4-6-19(18)22)21(27)25-9-7-16-11-23-12-17(16)8-10-25/h3-6,16-17,23H,7-13H2,1-2H3/t16-,17+. The summed E-state index contributed by atoms with van der Waals surface area (Å²) in [4.78, 5) is 15.3. The van der Waals surface area contributed by atoms with E-state index in [9.17, 15) is 4.79 Å². The predicted octanol–water partition coefficient (Wildman–Crippen LogP) is 3.27. The molecular formula is C21H27ClN4O. The maximum atomic E-state index is 13.3. The summed E-state index contributed by atoms with van der Waals surface area (Å²) in [5.74, 6) is 1.56. The molecule has 1 aromatic carbocycles. The highest BCUT2D eigenvalue weighted by Crippen LogP contribution is 2.28. The molecule has 0 unspecified atom stereocenters. The molecule has 5 nitrogen and oxygen atoms in total. The van der Waals surface area contributed by atoms with E-state index in [1.807, 2.05) is 47.7 Å². The Bertz CT molecular complexity index is 833. The Morgan fingerprint density at radius 3 is 2.52 bits per heavy atom. The number of hydrogen-bond donors (Lipinski definition) is 1. The van der Waals surface area contributed by atoms with Crippen LogP contribution < -0.4 is 5.32 Å². The molecular weight excluding hydrogens is 360 g/mol. The fourth-order valence-electron chi connectivity index (χ4n) is 4.53. The normalized spacial score (nSPS) is 22.6. The van der Waals surface area contributed by atoms with Crippen molar-refractivity contribution in [2.75, 3.05) is 26.2 Å². The topological polar surface area (TPSA) is 50.2 Å². The molecule has 3 heterocycles. The first-order chi connectivity index (χ1) is 13.0. The zero-order valence-electron chi connectivity index (χ0n) is 16.0. The number of fused-ring (bicyclic) bond motifs is 1. The Labute approximate surface area is 165 Å². The quantitative estimate of drug-likeness (QED) is 0.880. The molecule has 0 saturated carbocycles. The van der Waals surface area contributed by atoms with E-state index >= 15 is 0 Å². The van der Waals surface area contributed by atoms with E-state index in [0.29, 0.717) is 18.4 Å². The van der Waals surface area contributed by atoms with Gasteiger partial charge in [-0.05, 0) is 63.2 Å². The molecule has 2 aliphatic heterocycles. The minimum atomic E-state index is 0.128. The molecule has 1 N–H and O–H groups in total. The lowest BCUT2D eigenvalue weighted by molar-refractivity contribution is 0.0757. The van der Waals surface area contributed by atoms with Gasteiger partial charge in [0.15, 0.2) is 0 Å². The number of benzene rings is 1. The molecule has 0 aliphatic carbocycles. The van der Waals surface area contributed by atoms with Gasteiger partial charge in [0.1, 0.15) is 0 Å². The molecule has 2 saturated heterocycles. The molecule has 0 bridgehead atoms. The average Bonchev–Trinajstić information content (AvgIpc) is 3.14. The van der Waals surface area contributed by atoms with Crippen LogP contribution >= 0.6 is 11.6 Å². The molecule has 0 radical (unpaired) electrons. The number of aromatic nitrogens is 2. The lowest BCUT2D eigenvalue weighted by atomic mass is 9.92. The number of halogens is 1. The molecule has 144 valence electrons. The molecule has 2 aliphatic rings. The van der Waals surface area contributed by atoms with Crippen LogP contribution in [0.15, 0.2) is 24.3 Å². The van der Waals surface area contributed by atoms with Crippen molar-refractivity contribution in [3.8, 4) is 0 Å². The van der Waals surface area contributed by atoms with Gasteiger partial charge in [-0.1, -0.05) is 29.8 Å². The SMILES string of the molecule is Cc1nn(Cc2ccccc2Cl)c(C)c1C(=O)N1CC[C@@H]2CNC[C@@H]2CC1. The smallest absolute Gasteiger partial charge is 0.257 e.